The zero-order valence-electron chi connectivity index (χ0n) is 11.4. The highest BCUT2D eigenvalue weighted by atomic mass is 79.9. The fraction of sp³-hybridized carbons (Fsp3) is 0.188. The molecule has 102 valence electrons. The molecule has 3 nitrogen and oxygen atoms in total. The van der Waals surface area contributed by atoms with Crippen LogP contribution in [0.15, 0.2) is 40.9 Å². The fourth-order valence-corrected chi connectivity index (χ4v) is 2.53. The molecule has 0 heterocycles. The summed E-state index contributed by atoms with van der Waals surface area (Å²) in [5, 5.41) is 12.3. The topological polar surface area (TPSA) is 45.0 Å². The van der Waals surface area contributed by atoms with Crippen molar-refractivity contribution >= 4 is 21.6 Å². The van der Waals surface area contributed by atoms with Crippen LogP contribution in [-0.4, -0.2) is 7.11 Å². The lowest BCUT2D eigenvalue weighted by Gasteiger charge is -2.11. The largest absolute Gasteiger partial charge is 0.495 e. The molecule has 2 rings (SSSR count). The molecule has 2 aromatic rings. The smallest absolute Gasteiger partial charge is 0.136 e. The molecule has 0 aliphatic rings. The molecule has 0 atom stereocenters. The fourth-order valence-electron chi connectivity index (χ4n) is 1.90. The van der Waals surface area contributed by atoms with Crippen molar-refractivity contribution in [3.8, 4) is 11.8 Å². The van der Waals surface area contributed by atoms with Crippen LogP contribution in [0.25, 0.3) is 0 Å². The number of hydrogen-bond donors (Lipinski definition) is 1. The Morgan fingerprint density at radius 1 is 1.25 bits per heavy atom. The van der Waals surface area contributed by atoms with Gasteiger partial charge in [0.2, 0.25) is 0 Å². The molecular formula is C16H15BrN2O. The molecule has 0 aliphatic carbocycles. The van der Waals surface area contributed by atoms with Crippen molar-refractivity contribution in [3.05, 3.63) is 57.6 Å². The van der Waals surface area contributed by atoms with Gasteiger partial charge in [-0.15, -0.1) is 0 Å². The predicted molar refractivity (Wildman–Crippen MR) is 83.9 cm³/mol. The van der Waals surface area contributed by atoms with Crippen LogP contribution >= 0.6 is 15.9 Å². The summed E-state index contributed by atoms with van der Waals surface area (Å²) >= 11 is 3.54. The van der Waals surface area contributed by atoms with E-state index in [1.165, 1.54) is 5.56 Å². The van der Waals surface area contributed by atoms with Gasteiger partial charge in [-0.05, 0) is 58.2 Å². The number of benzene rings is 2. The third-order valence-corrected chi connectivity index (χ3v) is 3.65. The molecule has 0 saturated heterocycles. The average molecular weight is 331 g/mol. The second kappa shape index (κ2) is 6.44. The highest BCUT2D eigenvalue weighted by Gasteiger charge is 2.04. The molecule has 20 heavy (non-hydrogen) atoms. The summed E-state index contributed by atoms with van der Waals surface area (Å²) in [6, 6.07) is 13.9. The third kappa shape index (κ3) is 3.31. The van der Waals surface area contributed by atoms with E-state index in [1.54, 1.807) is 13.2 Å². The lowest BCUT2D eigenvalue weighted by molar-refractivity contribution is 0.413. The number of rotatable bonds is 4. The second-order valence-electron chi connectivity index (χ2n) is 4.48. The van der Waals surface area contributed by atoms with Crippen molar-refractivity contribution in [3.63, 3.8) is 0 Å². The zero-order chi connectivity index (χ0) is 14.5. The Balaban J connectivity index is 2.13. The highest BCUT2D eigenvalue weighted by Crippen LogP contribution is 2.25. The van der Waals surface area contributed by atoms with E-state index in [2.05, 4.69) is 46.4 Å². The molecule has 0 radical (unpaired) electrons. The van der Waals surface area contributed by atoms with Gasteiger partial charge in [-0.1, -0.05) is 12.1 Å². The number of ether oxygens (including phenoxy) is 1. The molecule has 0 aromatic heterocycles. The van der Waals surface area contributed by atoms with E-state index >= 15 is 0 Å². The normalized spacial score (nSPS) is 9.90. The van der Waals surface area contributed by atoms with Crippen LogP contribution < -0.4 is 10.1 Å². The van der Waals surface area contributed by atoms with Crippen LogP contribution in [0.2, 0.25) is 0 Å². The highest BCUT2D eigenvalue weighted by molar-refractivity contribution is 9.10. The molecule has 0 unspecified atom stereocenters. The minimum atomic E-state index is 0.549. The average Bonchev–Trinajstić information content (AvgIpc) is 2.46. The van der Waals surface area contributed by atoms with Crippen LogP contribution in [0.4, 0.5) is 5.69 Å². The molecular weight excluding hydrogens is 316 g/mol. The lowest BCUT2D eigenvalue weighted by atomic mass is 10.1. The number of aryl methyl sites for hydroxylation is 1. The van der Waals surface area contributed by atoms with Crippen molar-refractivity contribution < 1.29 is 4.74 Å². The van der Waals surface area contributed by atoms with Crippen LogP contribution in [-0.2, 0) is 6.54 Å². The SMILES string of the molecule is COc1cc(CNc2ccc(C)cc2Br)ccc1C#N. The van der Waals surface area contributed by atoms with Crippen molar-refractivity contribution in [1.82, 2.24) is 0 Å². The lowest BCUT2D eigenvalue weighted by Crippen LogP contribution is -2.01. The van der Waals surface area contributed by atoms with Crippen LogP contribution in [0.3, 0.4) is 0 Å². The molecule has 0 aliphatic heterocycles. The molecule has 2 aromatic carbocycles. The molecule has 0 bridgehead atoms. The standard InChI is InChI=1S/C16H15BrN2O/c1-11-3-6-15(14(17)7-11)19-10-12-4-5-13(9-18)16(8-12)20-2/h3-8,19H,10H2,1-2H3. The molecule has 0 fully saturated rings. The Kier molecular flexibility index (Phi) is 4.65. The van der Waals surface area contributed by atoms with Crippen LogP contribution in [0.5, 0.6) is 5.75 Å². The summed E-state index contributed by atoms with van der Waals surface area (Å²) in [7, 11) is 1.57. The summed E-state index contributed by atoms with van der Waals surface area (Å²) in [6.45, 7) is 2.73. The first-order chi connectivity index (χ1) is 9.63. The first kappa shape index (κ1) is 14.4. The van der Waals surface area contributed by atoms with Gasteiger partial charge in [-0.3, -0.25) is 0 Å². The number of nitriles is 1. The molecule has 0 spiro atoms. The van der Waals surface area contributed by atoms with Crippen molar-refractivity contribution in [2.75, 3.05) is 12.4 Å². The Labute approximate surface area is 127 Å². The first-order valence-corrected chi connectivity index (χ1v) is 7.00. The predicted octanol–water partition coefficient (Wildman–Crippen LogP) is 4.25. The Morgan fingerprint density at radius 2 is 2.05 bits per heavy atom. The van der Waals surface area contributed by atoms with Crippen molar-refractivity contribution in [2.45, 2.75) is 13.5 Å². The van der Waals surface area contributed by atoms with Gasteiger partial charge in [0.15, 0.2) is 0 Å². The number of halogens is 1. The van der Waals surface area contributed by atoms with E-state index in [1.807, 2.05) is 18.2 Å². The first-order valence-electron chi connectivity index (χ1n) is 6.21. The minimum Gasteiger partial charge on any atom is -0.495 e. The van der Waals surface area contributed by atoms with E-state index < -0.39 is 0 Å². The second-order valence-corrected chi connectivity index (χ2v) is 5.34. The Hall–Kier alpha value is -1.99. The van der Waals surface area contributed by atoms with E-state index in [-0.39, 0.29) is 0 Å². The van der Waals surface area contributed by atoms with Gasteiger partial charge < -0.3 is 10.1 Å². The van der Waals surface area contributed by atoms with Gasteiger partial charge in [0, 0.05) is 16.7 Å². The maximum Gasteiger partial charge on any atom is 0.136 e. The van der Waals surface area contributed by atoms with Gasteiger partial charge in [-0.25, -0.2) is 0 Å². The number of nitrogens with one attached hydrogen (secondary N) is 1. The molecule has 1 N–H and O–H groups in total. The van der Waals surface area contributed by atoms with Gasteiger partial charge in [-0.2, -0.15) is 5.26 Å². The van der Waals surface area contributed by atoms with Gasteiger partial charge in [0.1, 0.15) is 11.8 Å². The van der Waals surface area contributed by atoms with E-state index in [9.17, 15) is 0 Å². The summed E-state index contributed by atoms with van der Waals surface area (Å²) in [4.78, 5) is 0. The summed E-state index contributed by atoms with van der Waals surface area (Å²) in [5.74, 6) is 0.606. The summed E-state index contributed by atoms with van der Waals surface area (Å²) in [6.07, 6.45) is 0. The summed E-state index contributed by atoms with van der Waals surface area (Å²) < 4.78 is 6.25. The number of methoxy groups -OCH3 is 1. The third-order valence-electron chi connectivity index (χ3n) is 2.99. The number of nitrogens with zero attached hydrogens (tertiary/aromatic N) is 1. The summed E-state index contributed by atoms with van der Waals surface area (Å²) in [5.41, 5.74) is 3.86. The number of anilines is 1. The molecule has 0 saturated carbocycles. The van der Waals surface area contributed by atoms with E-state index in [0.29, 0.717) is 17.9 Å². The Morgan fingerprint density at radius 3 is 2.70 bits per heavy atom. The Bertz CT molecular complexity index is 662. The maximum atomic E-state index is 8.96. The maximum absolute atomic E-state index is 8.96. The minimum absolute atomic E-state index is 0.549. The van der Waals surface area contributed by atoms with E-state index in [0.717, 1.165) is 15.7 Å². The quantitative estimate of drug-likeness (QED) is 0.911. The van der Waals surface area contributed by atoms with E-state index in [4.69, 9.17) is 10.00 Å². The van der Waals surface area contributed by atoms with Gasteiger partial charge in [0.05, 0.1) is 12.7 Å². The van der Waals surface area contributed by atoms with Crippen LogP contribution in [0.1, 0.15) is 16.7 Å². The van der Waals surface area contributed by atoms with Gasteiger partial charge in [0.25, 0.3) is 0 Å². The zero-order valence-corrected chi connectivity index (χ0v) is 13.0. The molecule has 0 amide bonds. The number of hydrogen-bond acceptors (Lipinski definition) is 3. The molecule has 4 heteroatoms. The van der Waals surface area contributed by atoms with Crippen LogP contribution in [0, 0.1) is 18.3 Å². The van der Waals surface area contributed by atoms with Crippen molar-refractivity contribution in [2.24, 2.45) is 0 Å². The monoisotopic (exact) mass is 330 g/mol. The van der Waals surface area contributed by atoms with Gasteiger partial charge >= 0.3 is 0 Å². The van der Waals surface area contributed by atoms with Crippen molar-refractivity contribution in [1.29, 1.82) is 5.26 Å².